The van der Waals surface area contributed by atoms with Crippen molar-refractivity contribution in [1.82, 2.24) is 20.3 Å². The Morgan fingerprint density at radius 1 is 1.06 bits per heavy atom. The molecule has 0 saturated carbocycles. The number of hydrogen-bond donors (Lipinski definition) is 2. The number of nitrogens with zero attached hydrogens (tertiary/aromatic N) is 2. The van der Waals surface area contributed by atoms with Crippen LogP contribution < -0.4 is 20.3 Å². The molecule has 0 atom stereocenters. The number of hydrogen-bond acceptors (Lipinski definition) is 6. The molecule has 3 rings (SSSR count). The minimum absolute atomic E-state index is 0.0566. The maximum absolute atomic E-state index is 13.0. The van der Waals surface area contributed by atoms with Gasteiger partial charge in [0.2, 0.25) is 11.8 Å². The van der Waals surface area contributed by atoms with Crippen molar-refractivity contribution in [2.24, 2.45) is 5.92 Å². The van der Waals surface area contributed by atoms with E-state index in [1.165, 1.54) is 36.5 Å². The van der Waals surface area contributed by atoms with E-state index in [1.54, 1.807) is 13.8 Å². The van der Waals surface area contributed by atoms with Gasteiger partial charge >= 0.3 is 13.2 Å². The molecule has 0 unspecified atom stereocenters. The van der Waals surface area contributed by atoms with E-state index in [0.717, 1.165) is 6.07 Å². The van der Waals surface area contributed by atoms with Gasteiger partial charge in [-0.05, 0) is 23.8 Å². The Balaban J connectivity index is 1.99. The van der Waals surface area contributed by atoms with E-state index in [-0.39, 0.29) is 47.1 Å². The van der Waals surface area contributed by atoms with Crippen LogP contribution in [0, 0.1) is 5.92 Å². The van der Waals surface area contributed by atoms with Crippen molar-refractivity contribution in [3.05, 3.63) is 58.5 Å². The van der Waals surface area contributed by atoms with Gasteiger partial charge in [-0.3, -0.25) is 9.59 Å². The van der Waals surface area contributed by atoms with E-state index < -0.39 is 18.8 Å². The number of rotatable bonds is 9. The number of alkyl halides is 4. The molecule has 8 nitrogen and oxygen atoms in total. The molecule has 2 heterocycles. The van der Waals surface area contributed by atoms with Gasteiger partial charge in [0, 0.05) is 36.4 Å². The summed E-state index contributed by atoms with van der Waals surface area (Å²) in [6.07, 6.45) is 1.18. The molecule has 2 N–H and O–H groups in total. The monoisotopic (exact) mass is 480 g/mol. The van der Waals surface area contributed by atoms with Crippen LogP contribution in [0.4, 0.5) is 17.6 Å². The van der Waals surface area contributed by atoms with Gasteiger partial charge in [-0.1, -0.05) is 19.9 Å². The average molecular weight is 480 g/mol. The van der Waals surface area contributed by atoms with Crippen LogP contribution in [0.5, 0.6) is 11.6 Å². The Kier molecular flexibility index (Phi) is 7.82. The van der Waals surface area contributed by atoms with Gasteiger partial charge in [0.05, 0.1) is 11.3 Å². The maximum atomic E-state index is 13.0. The predicted molar refractivity (Wildman–Crippen MR) is 113 cm³/mol. The molecule has 0 spiro atoms. The lowest BCUT2D eigenvalue weighted by molar-refractivity contribution is -0.124. The second-order valence-electron chi connectivity index (χ2n) is 7.32. The third-order valence-corrected chi connectivity index (χ3v) is 4.49. The molecule has 12 heteroatoms. The van der Waals surface area contributed by atoms with E-state index >= 15 is 0 Å². The summed E-state index contributed by atoms with van der Waals surface area (Å²) in [5.74, 6) is -1.10. The first-order valence-corrected chi connectivity index (χ1v) is 10.0. The Hall–Kier alpha value is -3.96. The fraction of sp³-hybridized carbons (Fsp3) is 0.273. The molecule has 3 aromatic rings. The van der Waals surface area contributed by atoms with Crippen LogP contribution in [-0.2, 0) is 11.3 Å². The average Bonchev–Trinajstić information content (AvgIpc) is 2.77. The number of carbonyl (C=O) groups is 1. The number of H-pyrrole nitrogens is 1. The first-order valence-electron chi connectivity index (χ1n) is 10.0. The lowest BCUT2D eigenvalue weighted by Crippen LogP contribution is -2.27. The number of carbonyl (C=O) groups excluding carboxylic acids is 1. The smallest absolute Gasteiger partial charge is 0.388 e. The van der Waals surface area contributed by atoms with Gasteiger partial charge in [0.1, 0.15) is 11.6 Å². The zero-order valence-electron chi connectivity index (χ0n) is 18.0. The summed E-state index contributed by atoms with van der Waals surface area (Å²) in [4.78, 5) is 34.7. The molecule has 0 aliphatic carbocycles. The standard InChI is InChI=1S/C22H20F4N4O4/c1-11(2)20(32)28-9-12-3-5-16(33-21(23)24)14(7-12)19-29-15(8-17(31)30-19)13-4-6-18(27-10-13)34-22(25)26/h3-8,10-11,21-22H,9H2,1-2H3,(H,28,32)(H,29,30,31). The Morgan fingerprint density at radius 2 is 1.79 bits per heavy atom. The van der Waals surface area contributed by atoms with E-state index in [1.807, 2.05) is 0 Å². The number of aromatic nitrogens is 3. The van der Waals surface area contributed by atoms with Crippen LogP contribution >= 0.6 is 0 Å². The summed E-state index contributed by atoms with van der Waals surface area (Å²) in [5, 5.41) is 2.71. The van der Waals surface area contributed by atoms with Crippen LogP contribution in [0.15, 0.2) is 47.4 Å². The van der Waals surface area contributed by atoms with Crippen molar-refractivity contribution in [3.63, 3.8) is 0 Å². The normalized spacial score (nSPS) is 11.2. The van der Waals surface area contributed by atoms with Crippen LogP contribution in [-0.4, -0.2) is 34.1 Å². The van der Waals surface area contributed by atoms with Crippen LogP contribution in [0.2, 0.25) is 0 Å². The number of nitrogens with one attached hydrogen (secondary N) is 2. The highest BCUT2D eigenvalue weighted by atomic mass is 19.3. The third-order valence-electron chi connectivity index (χ3n) is 4.49. The highest BCUT2D eigenvalue weighted by Gasteiger charge is 2.17. The molecule has 1 amide bonds. The lowest BCUT2D eigenvalue weighted by atomic mass is 10.1. The molecule has 0 aliphatic rings. The summed E-state index contributed by atoms with van der Waals surface area (Å²) in [6, 6.07) is 7.91. The van der Waals surface area contributed by atoms with E-state index in [4.69, 9.17) is 0 Å². The highest BCUT2D eigenvalue weighted by Crippen LogP contribution is 2.31. The lowest BCUT2D eigenvalue weighted by Gasteiger charge is -2.14. The van der Waals surface area contributed by atoms with Gasteiger partial charge in [-0.2, -0.15) is 17.6 Å². The second kappa shape index (κ2) is 10.8. The fourth-order valence-electron chi connectivity index (χ4n) is 2.89. The molecule has 34 heavy (non-hydrogen) atoms. The molecule has 0 bridgehead atoms. The number of pyridine rings is 1. The molecule has 0 fully saturated rings. The molecular weight excluding hydrogens is 460 g/mol. The molecule has 2 aromatic heterocycles. The number of benzene rings is 1. The van der Waals surface area contributed by atoms with E-state index in [2.05, 4.69) is 29.7 Å². The predicted octanol–water partition coefficient (Wildman–Crippen LogP) is 3.97. The number of ether oxygens (including phenoxy) is 2. The quantitative estimate of drug-likeness (QED) is 0.449. The largest absolute Gasteiger partial charge is 0.434 e. The molecule has 0 saturated heterocycles. The molecule has 0 radical (unpaired) electrons. The summed E-state index contributed by atoms with van der Waals surface area (Å²) in [7, 11) is 0. The minimum Gasteiger partial charge on any atom is -0.434 e. The topological polar surface area (TPSA) is 106 Å². The summed E-state index contributed by atoms with van der Waals surface area (Å²) in [6.45, 7) is -2.62. The zero-order chi connectivity index (χ0) is 24.8. The Morgan fingerprint density at radius 3 is 2.41 bits per heavy atom. The van der Waals surface area contributed by atoms with Crippen LogP contribution in [0.3, 0.4) is 0 Å². The van der Waals surface area contributed by atoms with E-state index in [0.29, 0.717) is 11.1 Å². The summed E-state index contributed by atoms with van der Waals surface area (Å²) in [5.41, 5.74) is 0.409. The number of aromatic amines is 1. The first kappa shape index (κ1) is 24.7. The summed E-state index contributed by atoms with van der Waals surface area (Å²) >= 11 is 0. The number of halogens is 4. The van der Waals surface area contributed by atoms with Gasteiger partial charge in [-0.25, -0.2) is 9.97 Å². The van der Waals surface area contributed by atoms with Crippen molar-refractivity contribution >= 4 is 5.91 Å². The van der Waals surface area contributed by atoms with Crippen molar-refractivity contribution in [1.29, 1.82) is 0 Å². The highest BCUT2D eigenvalue weighted by molar-refractivity contribution is 5.78. The van der Waals surface area contributed by atoms with Gasteiger partial charge in [0.15, 0.2) is 0 Å². The minimum atomic E-state index is -3.13. The van der Waals surface area contributed by atoms with Gasteiger partial charge in [0.25, 0.3) is 5.56 Å². The number of amides is 1. The molecule has 0 aliphatic heterocycles. The second-order valence-corrected chi connectivity index (χ2v) is 7.32. The fourth-order valence-corrected chi connectivity index (χ4v) is 2.89. The first-order chi connectivity index (χ1) is 16.1. The van der Waals surface area contributed by atoms with Crippen LogP contribution in [0.1, 0.15) is 19.4 Å². The van der Waals surface area contributed by atoms with Crippen molar-refractivity contribution in [2.75, 3.05) is 0 Å². The molecule has 180 valence electrons. The van der Waals surface area contributed by atoms with Crippen LogP contribution in [0.25, 0.3) is 22.6 Å². The van der Waals surface area contributed by atoms with Crippen molar-refractivity contribution in [2.45, 2.75) is 33.6 Å². The Labute approximate surface area is 191 Å². The van der Waals surface area contributed by atoms with Gasteiger partial charge in [-0.15, -0.1) is 0 Å². The van der Waals surface area contributed by atoms with Crippen molar-refractivity contribution in [3.8, 4) is 34.3 Å². The molecule has 1 aromatic carbocycles. The molecular formula is C22H20F4N4O4. The van der Waals surface area contributed by atoms with Crippen molar-refractivity contribution < 1.29 is 31.8 Å². The third kappa shape index (κ3) is 6.53. The summed E-state index contributed by atoms with van der Waals surface area (Å²) < 4.78 is 59.4. The van der Waals surface area contributed by atoms with E-state index in [9.17, 15) is 27.2 Å². The van der Waals surface area contributed by atoms with Gasteiger partial charge < -0.3 is 19.8 Å². The SMILES string of the molecule is CC(C)C(=O)NCc1ccc(OC(F)F)c(-c2nc(-c3ccc(OC(F)F)nc3)cc(=O)[nH]2)c1. The Bertz CT molecular complexity index is 1200. The maximum Gasteiger partial charge on any atom is 0.388 e. The zero-order valence-corrected chi connectivity index (χ0v) is 18.0.